The molecule has 1 aromatic rings. The molecule has 0 aliphatic carbocycles. The van der Waals surface area contributed by atoms with E-state index in [-0.39, 0.29) is 5.91 Å². The number of carbonyl (C=O) groups excluding carboxylic acids is 1. The Hall–Kier alpha value is -1.55. The molecule has 4 heteroatoms. The van der Waals surface area contributed by atoms with Crippen LogP contribution in [-0.4, -0.2) is 43.6 Å². The van der Waals surface area contributed by atoms with Crippen molar-refractivity contribution in [3.63, 3.8) is 0 Å². The molecule has 1 heterocycles. The average molecular weight is 276 g/mol. The van der Waals surface area contributed by atoms with E-state index in [1.165, 1.54) is 11.1 Å². The highest BCUT2D eigenvalue weighted by Crippen LogP contribution is 2.25. The molecule has 0 saturated heterocycles. The van der Waals surface area contributed by atoms with Gasteiger partial charge in [0.05, 0.1) is 13.2 Å². The monoisotopic (exact) mass is 276 g/mol. The standard InChI is InChI=1S/C16H24N2O2/c1-3-18(4-2)16(19)12-17-9-7-13-5-6-15-14(11-13)8-10-20-15/h5-6,11,17H,3-4,7-10,12H2,1-2H3. The minimum atomic E-state index is 0.178. The minimum absolute atomic E-state index is 0.178. The first-order valence-corrected chi connectivity index (χ1v) is 7.47. The summed E-state index contributed by atoms with van der Waals surface area (Å²) in [7, 11) is 0. The van der Waals surface area contributed by atoms with Crippen molar-refractivity contribution in [3.8, 4) is 5.75 Å². The van der Waals surface area contributed by atoms with E-state index in [1.54, 1.807) is 0 Å². The summed E-state index contributed by atoms with van der Waals surface area (Å²) in [5, 5.41) is 3.23. The maximum atomic E-state index is 11.8. The Morgan fingerprint density at radius 2 is 2.15 bits per heavy atom. The first-order valence-electron chi connectivity index (χ1n) is 7.47. The highest BCUT2D eigenvalue weighted by Gasteiger charge is 2.12. The van der Waals surface area contributed by atoms with Gasteiger partial charge in [0.1, 0.15) is 5.75 Å². The van der Waals surface area contributed by atoms with Crippen molar-refractivity contribution in [1.82, 2.24) is 10.2 Å². The minimum Gasteiger partial charge on any atom is -0.493 e. The molecule has 0 radical (unpaired) electrons. The number of nitrogens with one attached hydrogen (secondary N) is 1. The van der Waals surface area contributed by atoms with E-state index in [1.807, 2.05) is 18.7 Å². The maximum Gasteiger partial charge on any atom is 0.236 e. The van der Waals surface area contributed by atoms with Gasteiger partial charge in [0.25, 0.3) is 0 Å². The van der Waals surface area contributed by atoms with Gasteiger partial charge < -0.3 is 15.0 Å². The topological polar surface area (TPSA) is 41.6 Å². The van der Waals surface area contributed by atoms with Crippen molar-refractivity contribution in [1.29, 1.82) is 0 Å². The van der Waals surface area contributed by atoms with E-state index >= 15 is 0 Å². The van der Waals surface area contributed by atoms with Crippen LogP contribution in [0.3, 0.4) is 0 Å². The summed E-state index contributed by atoms with van der Waals surface area (Å²) >= 11 is 0. The van der Waals surface area contributed by atoms with Gasteiger partial charge in [-0.05, 0) is 44.0 Å². The van der Waals surface area contributed by atoms with Crippen molar-refractivity contribution >= 4 is 5.91 Å². The normalized spacial score (nSPS) is 12.9. The highest BCUT2D eigenvalue weighted by atomic mass is 16.5. The fourth-order valence-electron chi connectivity index (χ4n) is 2.51. The SMILES string of the molecule is CCN(CC)C(=O)CNCCc1ccc2c(c1)CCO2. The van der Waals surface area contributed by atoms with E-state index in [0.717, 1.165) is 44.8 Å². The van der Waals surface area contributed by atoms with Gasteiger partial charge in [0.15, 0.2) is 0 Å². The Balaban J connectivity index is 1.72. The number of fused-ring (bicyclic) bond motifs is 1. The summed E-state index contributed by atoms with van der Waals surface area (Å²) in [6, 6.07) is 6.38. The Labute approximate surface area is 121 Å². The smallest absolute Gasteiger partial charge is 0.236 e. The van der Waals surface area contributed by atoms with Crippen LogP contribution in [0, 0.1) is 0 Å². The lowest BCUT2D eigenvalue weighted by atomic mass is 10.1. The Kier molecular flexibility index (Phi) is 5.41. The molecule has 0 saturated carbocycles. The van der Waals surface area contributed by atoms with Crippen LogP contribution in [0.2, 0.25) is 0 Å². The fraction of sp³-hybridized carbons (Fsp3) is 0.562. The largest absolute Gasteiger partial charge is 0.493 e. The molecule has 1 N–H and O–H groups in total. The second-order valence-electron chi connectivity index (χ2n) is 5.03. The van der Waals surface area contributed by atoms with Crippen molar-refractivity contribution in [2.24, 2.45) is 0 Å². The van der Waals surface area contributed by atoms with Crippen molar-refractivity contribution in [2.75, 3.05) is 32.8 Å². The number of carbonyl (C=O) groups is 1. The lowest BCUT2D eigenvalue weighted by molar-refractivity contribution is -0.129. The number of hydrogen-bond acceptors (Lipinski definition) is 3. The van der Waals surface area contributed by atoms with Gasteiger partial charge in [-0.2, -0.15) is 0 Å². The van der Waals surface area contributed by atoms with Crippen molar-refractivity contribution in [2.45, 2.75) is 26.7 Å². The maximum absolute atomic E-state index is 11.8. The molecule has 0 atom stereocenters. The molecule has 1 aliphatic rings. The van der Waals surface area contributed by atoms with Crippen LogP contribution in [-0.2, 0) is 17.6 Å². The third-order valence-electron chi connectivity index (χ3n) is 3.74. The van der Waals surface area contributed by atoms with Crippen LogP contribution in [0.1, 0.15) is 25.0 Å². The van der Waals surface area contributed by atoms with E-state index in [4.69, 9.17) is 4.74 Å². The number of likely N-dealkylation sites (N-methyl/N-ethyl adjacent to an activating group) is 1. The fourth-order valence-corrected chi connectivity index (χ4v) is 2.51. The molecular weight excluding hydrogens is 252 g/mol. The zero-order valence-electron chi connectivity index (χ0n) is 12.4. The highest BCUT2D eigenvalue weighted by molar-refractivity contribution is 5.78. The lowest BCUT2D eigenvalue weighted by Gasteiger charge is -2.18. The summed E-state index contributed by atoms with van der Waals surface area (Å²) in [4.78, 5) is 13.7. The van der Waals surface area contributed by atoms with Gasteiger partial charge in [0.2, 0.25) is 5.91 Å². The van der Waals surface area contributed by atoms with Crippen LogP contribution in [0.4, 0.5) is 0 Å². The molecule has 4 nitrogen and oxygen atoms in total. The van der Waals surface area contributed by atoms with Crippen LogP contribution < -0.4 is 10.1 Å². The number of rotatable bonds is 7. The number of ether oxygens (including phenoxy) is 1. The summed E-state index contributed by atoms with van der Waals surface area (Å²) in [6.07, 6.45) is 1.95. The van der Waals surface area contributed by atoms with Crippen LogP contribution in [0.15, 0.2) is 18.2 Å². The quantitative estimate of drug-likeness (QED) is 0.770. The summed E-state index contributed by atoms with van der Waals surface area (Å²) in [5.41, 5.74) is 2.61. The number of hydrogen-bond donors (Lipinski definition) is 1. The van der Waals surface area contributed by atoms with Crippen molar-refractivity contribution < 1.29 is 9.53 Å². The van der Waals surface area contributed by atoms with E-state index in [9.17, 15) is 4.79 Å². The van der Waals surface area contributed by atoms with Gasteiger partial charge in [-0.1, -0.05) is 12.1 Å². The van der Waals surface area contributed by atoms with Crippen LogP contribution in [0.25, 0.3) is 0 Å². The summed E-state index contributed by atoms with van der Waals surface area (Å²) in [5.74, 6) is 1.20. The van der Waals surface area contributed by atoms with E-state index in [0.29, 0.717) is 6.54 Å². The Morgan fingerprint density at radius 1 is 1.35 bits per heavy atom. The third kappa shape index (κ3) is 3.73. The first kappa shape index (κ1) is 14.9. The molecule has 1 aromatic carbocycles. The molecule has 0 bridgehead atoms. The number of nitrogens with zero attached hydrogens (tertiary/aromatic N) is 1. The van der Waals surface area contributed by atoms with Gasteiger partial charge in [-0.25, -0.2) is 0 Å². The number of amides is 1. The first-order chi connectivity index (χ1) is 9.74. The second-order valence-corrected chi connectivity index (χ2v) is 5.03. The molecule has 1 aliphatic heterocycles. The molecule has 110 valence electrons. The van der Waals surface area contributed by atoms with E-state index in [2.05, 4.69) is 23.5 Å². The molecule has 0 fully saturated rings. The van der Waals surface area contributed by atoms with Gasteiger partial charge in [-0.3, -0.25) is 4.79 Å². The molecule has 0 unspecified atom stereocenters. The Bertz CT molecular complexity index is 456. The Morgan fingerprint density at radius 3 is 2.90 bits per heavy atom. The molecule has 20 heavy (non-hydrogen) atoms. The lowest BCUT2D eigenvalue weighted by Crippen LogP contribution is -2.38. The van der Waals surface area contributed by atoms with Crippen LogP contribution in [0.5, 0.6) is 5.75 Å². The van der Waals surface area contributed by atoms with E-state index < -0.39 is 0 Å². The molecule has 0 aromatic heterocycles. The zero-order valence-corrected chi connectivity index (χ0v) is 12.4. The predicted molar refractivity (Wildman–Crippen MR) is 80.1 cm³/mol. The number of benzene rings is 1. The predicted octanol–water partition coefficient (Wildman–Crippen LogP) is 1.62. The molecule has 1 amide bonds. The average Bonchev–Trinajstić information content (AvgIpc) is 2.92. The molecular formula is C16H24N2O2. The van der Waals surface area contributed by atoms with Crippen molar-refractivity contribution in [3.05, 3.63) is 29.3 Å². The van der Waals surface area contributed by atoms with Gasteiger partial charge in [0, 0.05) is 19.5 Å². The zero-order chi connectivity index (χ0) is 14.4. The summed E-state index contributed by atoms with van der Waals surface area (Å²) in [6.45, 7) is 7.63. The van der Waals surface area contributed by atoms with Gasteiger partial charge >= 0.3 is 0 Å². The van der Waals surface area contributed by atoms with Gasteiger partial charge in [-0.15, -0.1) is 0 Å². The second kappa shape index (κ2) is 7.29. The molecule has 0 spiro atoms. The third-order valence-corrected chi connectivity index (χ3v) is 3.74. The summed E-state index contributed by atoms with van der Waals surface area (Å²) < 4.78 is 5.50. The van der Waals surface area contributed by atoms with Crippen LogP contribution >= 0.6 is 0 Å². The molecule has 2 rings (SSSR count).